The molecule has 410 valence electrons. The van der Waals surface area contributed by atoms with Crippen molar-refractivity contribution in [2.75, 3.05) is 13.2 Å². The van der Waals surface area contributed by atoms with E-state index in [1.165, 1.54) is 83.5 Å². The van der Waals surface area contributed by atoms with E-state index < -0.39 is 6.10 Å². The Morgan fingerprint density at radius 1 is 0.292 bits per heavy atom. The van der Waals surface area contributed by atoms with Crippen LogP contribution in [0.1, 0.15) is 271 Å². The predicted molar refractivity (Wildman–Crippen MR) is 311 cm³/mol. The number of ether oxygens (including phenoxy) is 3. The molecule has 0 amide bonds. The Balaban J connectivity index is 4.40. The predicted octanol–water partition coefficient (Wildman–Crippen LogP) is 20.3. The van der Waals surface area contributed by atoms with Crippen LogP contribution in [0.3, 0.4) is 0 Å². The molecule has 0 bridgehead atoms. The highest BCUT2D eigenvalue weighted by atomic mass is 16.6. The van der Waals surface area contributed by atoms with Crippen LogP contribution in [0.25, 0.3) is 0 Å². The molecule has 0 aliphatic carbocycles. The van der Waals surface area contributed by atoms with Gasteiger partial charge in [0.1, 0.15) is 13.2 Å². The number of carbonyl (C=O) groups is 3. The van der Waals surface area contributed by atoms with Crippen LogP contribution >= 0.6 is 0 Å². The minimum Gasteiger partial charge on any atom is -0.462 e. The summed E-state index contributed by atoms with van der Waals surface area (Å²) in [5, 5.41) is 0. The molecule has 0 saturated carbocycles. The number of unbranched alkanes of at least 4 members (excludes halogenated alkanes) is 24. The molecule has 72 heavy (non-hydrogen) atoms. The molecule has 0 aromatic heterocycles. The molecule has 0 spiro atoms. The number of allylic oxidation sites excluding steroid dienone is 18. The molecule has 0 aliphatic rings. The molecule has 0 aromatic carbocycles. The van der Waals surface area contributed by atoms with Crippen molar-refractivity contribution in [3.05, 3.63) is 109 Å². The maximum atomic E-state index is 12.9. The minimum absolute atomic E-state index is 0.0943. The van der Waals surface area contributed by atoms with Crippen LogP contribution < -0.4 is 0 Å². The van der Waals surface area contributed by atoms with E-state index in [2.05, 4.69) is 130 Å². The molecule has 0 N–H and O–H groups in total. The summed E-state index contributed by atoms with van der Waals surface area (Å²) >= 11 is 0. The van der Waals surface area contributed by atoms with Gasteiger partial charge in [-0.15, -0.1) is 0 Å². The Hall–Kier alpha value is -3.93. The molecule has 6 heteroatoms. The lowest BCUT2D eigenvalue weighted by molar-refractivity contribution is -0.167. The van der Waals surface area contributed by atoms with E-state index in [0.717, 1.165) is 148 Å². The van der Waals surface area contributed by atoms with Crippen molar-refractivity contribution in [3.8, 4) is 0 Å². The first-order valence-electron chi connectivity index (χ1n) is 29.9. The fraction of sp³-hybridized carbons (Fsp3) is 0.682. The largest absolute Gasteiger partial charge is 0.462 e. The van der Waals surface area contributed by atoms with E-state index in [4.69, 9.17) is 14.2 Å². The first-order chi connectivity index (χ1) is 35.5. The van der Waals surface area contributed by atoms with Gasteiger partial charge in [-0.05, 0) is 122 Å². The van der Waals surface area contributed by atoms with E-state index in [-0.39, 0.29) is 31.1 Å². The SMILES string of the molecule is CC/C=C\C/C=C\C/C=C\C/C=C\C/C=C\C/C=C\CCCCCCCCC(=O)OCC(COC(=O)CCCCCCC/C=C\C/C=C\CCCC)OC(=O)CCCCCCC/C=C\CCCCCCCC. The van der Waals surface area contributed by atoms with Crippen molar-refractivity contribution in [1.82, 2.24) is 0 Å². The van der Waals surface area contributed by atoms with Crippen molar-refractivity contribution in [2.45, 2.75) is 277 Å². The Bertz CT molecular complexity index is 1470. The topological polar surface area (TPSA) is 78.9 Å². The average molecular weight is 1000 g/mol. The standard InChI is InChI=1S/C66H110O6/c1-4-7-10-13-16-19-22-25-28-29-30-31-32-33-34-35-36-37-39-41-44-47-50-53-56-59-65(68)71-62-63(61-70-64(67)58-55-52-49-46-43-40-27-24-21-18-15-12-9-6-3)72-66(69)60-57-54-51-48-45-42-38-26-23-20-17-14-11-8-5-2/h7,10,15-16,18-19,24-28,30-31,33-34,36-38,63H,4-6,8-9,11-14,17,20-23,29,32,35,39-62H2,1-3H3/b10-7-,18-15-,19-16-,27-24-,28-25-,31-30-,34-33-,37-36-,38-26-. The lowest BCUT2D eigenvalue weighted by Gasteiger charge is -2.18. The fourth-order valence-electron chi connectivity index (χ4n) is 7.99. The second-order valence-corrected chi connectivity index (χ2v) is 19.5. The summed E-state index contributed by atoms with van der Waals surface area (Å²) in [6.07, 6.45) is 80.8. The maximum absolute atomic E-state index is 12.9. The third-order valence-electron chi connectivity index (χ3n) is 12.5. The van der Waals surface area contributed by atoms with Gasteiger partial charge in [0.2, 0.25) is 0 Å². The molecule has 6 nitrogen and oxygen atoms in total. The van der Waals surface area contributed by atoms with Crippen LogP contribution in [-0.2, 0) is 28.6 Å². The number of hydrogen-bond donors (Lipinski definition) is 0. The Morgan fingerprint density at radius 3 is 0.903 bits per heavy atom. The quantitative estimate of drug-likeness (QED) is 0.0261. The zero-order valence-electron chi connectivity index (χ0n) is 46.9. The number of esters is 3. The summed E-state index contributed by atoms with van der Waals surface area (Å²) in [4.78, 5) is 38.2. The highest BCUT2D eigenvalue weighted by molar-refractivity contribution is 5.71. The van der Waals surface area contributed by atoms with Gasteiger partial charge in [0.05, 0.1) is 0 Å². The lowest BCUT2D eigenvalue weighted by atomic mass is 10.1. The van der Waals surface area contributed by atoms with Crippen molar-refractivity contribution in [1.29, 1.82) is 0 Å². The Labute approximate surface area is 444 Å². The van der Waals surface area contributed by atoms with E-state index in [0.29, 0.717) is 19.3 Å². The van der Waals surface area contributed by atoms with Crippen LogP contribution in [0.4, 0.5) is 0 Å². The summed E-state index contributed by atoms with van der Waals surface area (Å²) in [6, 6.07) is 0. The van der Waals surface area contributed by atoms with Crippen LogP contribution in [-0.4, -0.2) is 37.2 Å². The molecule has 1 atom stereocenters. The highest BCUT2D eigenvalue weighted by Crippen LogP contribution is 2.14. The Morgan fingerprint density at radius 2 is 0.556 bits per heavy atom. The first-order valence-corrected chi connectivity index (χ1v) is 29.9. The molecule has 0 fully saturated rings. The zero-order valence-corrected chi connectivity index (χ0v) is 46.9. The van der Waals surface area contributed by atoms with Gasteiger partial charge < -0.3 is 14.2 Å². The van der Waals surface area contributed by atoms with Gasteiger partial charge >= 0.3 is 17.9 Å². The summed E-state index contributed by atoms with van der Waals surface area (Å²) in [7, 11) is 0. The van der Waals surface area contributed by atoms with Crippen LogP contribution in [0.5, 0.6) is 0 Å². The molecule has 0 radical (unpaired) electrons. The van der Waals surface area contributed by atoms with Crippen LogP contribution in [0.2, 0.25) is 0 Å². The molecule has 0 rings (SSSR count). The molecule has 0 aromatic rings. The van der Waals surface area contributed by atoms with Gasteiger partial charge in [-0.25, -0.2) is 0 Å². The number of hydrogen-bond acceptors (Lipinski definition) is 6. The third-order valence-corrected chi connectivity index (χ3v) is 12.5. The zero-order chi connectivity index (χ0) is 52.2. The third kappa shape index (κ3) is 57.0. The van der Waals surface area contributed by atoms with Crippen LogP contribution in [0.15, 0.2) is 109 Å². The first kappa shape index (κ1) is 68.1. The molecule has 0 saturated heterocycles. The van der Waals surface area contributed by atoms with Gasteiger partial charge in [-0.3, -0.25) is 14.4 Å². The van der Waals surface area contributed by atoms with E-state index >= 15 is 0 Å². The minimum atomic E-state index is -0.797. The molecule has 0 aliphatic heterocycles. The molecular weight excluding hydrogens is 889 g/mol. The second kappa shape index (κ2) is 59.6. The summed E-state index contributed by atoms with van der Waals surface area (Å²) in [5.41, 5.74) is 0. The van der Waals surface area contributed by atoms with Gasteiger partial charge in [0.15, 0.2) is 6.10 Å². The summed E-state index contributed by atoms with van der Waals surface area (Å²) in [5.74, 6) is -0.928. The van der Waals surface area contributed by atoms with Crippen molar-refractivity contribution in [3.63, 3.8) is 0 Å². The van der Waals surface area contributed by atoms with Gasteiger partial charge in [0, 0.05) is 19.3 Å². The van der Waals surface area contributed by atoms with E-state index in [9.17, 15) is 14.4 Å². The molecular formula is C66H110O6. The smallest absolute Gasteiger partial charge is 0.306 e. The van der Waals surface area contributed by atoms with E-state index in [1.54, 1.807) is 0 Å². The van der Waals surface area contributed by atoms with Crippen molar-refractivity contribution >= 4 is 17.9 Å². The maximum Gasteiger partial charge on any atom is 0.306 e. The average Bonchev–Trinajstić information content (AvgIpc) is 3.38. The Kier molecular flexibility index (Phi) is 56.4. The highest BCUT2D eigenvalue weighted by Gasteiger charge is 2.19. The fourth-order valence-corrected chi connectivity index (χ4v) is 7.99. The lowest BCUT2D eigenvalue weighted by Crippen LogP contribution is -2.30. The van der Waals surface area contributed by atoms with Crippen LogP contribution in [0, 0.1) is 0 Å². The number of carbonyl (C=O) groups excluding carboxylic acids is 3. The summed E-state index contributed by atoms with van der Waals surface area (Å²) in [6.45, 7) is 6.45. The molecule has 0 heterocycles. The monoisotopic (exact) mass is 999 g/mol. The normalized spacial score (nSPS) is 12.9. The van der Waals surface area contributed by atoms with Gasteiger partial charge in [0.25, 0.3) is 0 Å². The van der Waals surface area contributed by atoms with E-state index in [1.807, 2.05) is 0 Å². The number of rotatable bonds is 53. The second-order valence-electron chi connectivity index (χ2n) is 19.5. The van der Waals surface area contributed by atoms with Crippen molar-refractivity contribution < 1.29 is 28.6 Å². The van der Waals surface area contributed by atoms with Gasteiger partial charge in [-0.2, -0.15) is 0 Å². The van der Waals surface area contributed by atoms with Crippen molar-refractivity contribution in [2.24, 2.45) is 0 Å². The molecule has 1 unspecified atom stereocenters. The summed E-state index contributed by atoms with van der Waals surface area (Å²) < 4.78 is 16.9. The van der Waals surface area contributed by atoms with Gasteiger partial charge in [-0.1, -0.05) is 239 Å².